The van der Waals surface area contributed by atoms with Crippen molar-refractivity contribution in [2.45, 2.75) is 0 Å². The second-order valence-electron chi connectivity index (χ2n) is 1.96. The standard InChI is InChI=1S/C7H6N4/c8-4-6-3-5(7(9)10)1-2-11-6/h1-3H,(H3,9,10). The maximum atomic E-state index is 8.42. The van der Waals surface area contributed by atoms with Crippen LogP contribution in [0.2, 0.25) is 0 Å². The summed E-state index contributed by atoms with van der Waals surface area (Å²) in [7, 11) is 0. The lowest BCUT2D eigenvalue weighted by Gasteiger charge is -1.95. The van der Waals surface area contributed by atoms with Crippen LogP contribution in [0, 0.1) is 16.7 Å². The van der Waals surface area contributed by atoms with E-state index in [1.165, 1.54) is 12.3 Å². The van der Waals surface area contributed by atoms with Gasteiger partial charge in [0.2, 0.25) is 0 Å². The van der Waals surface area contributed by atoms with E-state index in [2.05, 4.69) is 4.98 Å². The molecule has 0 amide bonds. The van der Waals surface area contributed by atoms with Gasteiger partial charge in [-0.25, -0.2) is 4.98 Å². The molecule has 0 atom stereocenters. The van der Waals surface area contributed by atoms with E-state index >= 15 is 0 Å². The lowest BCUT2D eigenvalue weighted by molar-refractivity contribution is 1.25. The van der Waals surface area contributed by atoms with Crippen LogP contribution in [-0.2, 0) is 0 Å². The van der Waals surface area contributed by atoms with Gasteiger partial charge in [0.25, 0.3) is 0 Å². The van der Waals surface area contributed by atoms with Crippen LogP contribution in [0.5, 0.6) is 0 Å². The molecule has 0 unspecified atom stereocenters. The zero-order chi connectivity index (χ0) is 8.27. The average Bonchev–Trinajstić information content (AvgIpc) is 2.05. The van der Waals surface area contributed by atoms with Crippen molar-refractivity contribution in [3.8, 4) is 6.07 Å². The molecular weight excluding hydrogens is 140 g/mol. The maximum absolute atomic E-state index is 8.42. The second-order valence-corrected chi connectivity index (χ2v) is 1.96. The number of hydrogen-bond donors (Lipinski definition) is 2. The summed E-state index contributed by atoms with van der Waals surface area (Å²) in [6, 6.07) is 4.92. The monoisotopic (exact) mass is 146 g/mol. The molecule has 0 radical (unpaired) electrons. The first-order chi connectivity index (χ1) is 5.24. The van der Waals surface area contributed by atoms with Crippen LogP contribution in [0.25, 0.3) is 0 Å². The topological polar surface area (TPSA) is 86.5 Å². The fraction of sp³-hybridized carbons (Fsp3) is 0. The maximum Gasteiger partial charge on any atom is 0.141 e. The molecule has 1 aromatic rings. The van der Waals surface area contributed by atoms with E-state index in [0.29, 0.717) is 5.56 Å². The van der Waals surface area contributed by atoms with Crippen molar-refractivity contribution in [3.05, 3.63) is 29.6 Å². The predicted octanol–water partition coefficient (Wildman–Crippen LogP) is 0.237. The summed E-state index contributed by atoms with van der Waals surface area (Å²) in [6.07, 6.45) is 1.45. The van der Waals surface area contributed by atoms with Gasteiger partial charge in [-0.3, -0.25) is 5.41 Å². The van der Waals surface area contributed by atoms with Gasteiger partial charge in [-0.2, -0.15) is 5.26 Å². The molecule has 0 aromatic carbocycles. The molecule has 4 nitrogen and oxygen atoms in total. The Morgan fingerprint density at radius 1 is 1.73 bits per heavy atom. The number of nitrogens with one attached hydrogen (secondary N) is 1. The summed E-state index contributed by atoms with van der Waals surface area (Å²) in [5.41, 5.74) is 5.98. The minimum atomic E-state index is -0.0519. The van der Waals surface area contributed by atoms with Crippen molar-refractivity contribution in [2.75, 3.05) is 0 Å². The Labute approximate surface area is 63.8 Å². The summed E-state index contributed by atoms with van der Waals surface area (Å²) < 4.78 is 0. The molecule has 11 heavy (non-hydrogen) atoms. The number of nitrogens with two attached hydrogens (primary N) is 1. The number of nitrogen functional groups attached to an aromatic ring is 1. The molecule has 1 rings (SSSR count). The Kier molecular flexibility index (Phi) is 1.83. The van der Waals surface area contributed by atoms with Gasteiger partial charge in [-0.05, 0) is 12.1 Å². The lowest BCUT2D eigenvalue weighted by Crippen LogP contribution is -2.11. The third-order valence-corrected chi connectivity index (χ3v) is 1.19. The number of amidine groups is 1. The third-order valence-electron chi connectivity index (χ3n) is 1.19. The zero-order valence-corrected chi connectivity index (χ0v) is 5.70. The minimum Gasteiger partial charge on any atom is -0.384 e. The first-order valence-electron chi connectivity index (χ1n) is 2.94. The van der Waals surface area contributed by atoms with Crippen molar-refractivity contribution in [3.63, 3.8) is 0 Å². The summed E-state index contributed by atoms with van der Waals surface area (Å²) in [5.74, 6) is -0.0519. The molecule has 1 heterocycles. The smallest absolute Gasteiger partial charge is 0.141 e. The van der Waals surface area contributed by atoms with Gasteiger partial charge >= 0.3 is 0 Å². The van der Waals surface area contributed by atoms with E-state index in [1.807, 2.05) is 6.07 Å². The predicted molar refractivity (Wildman–Crippen MR) is 40.0 cm³/mol. The molecular formula is C7H6N4. The number of nitrogens with zero attached hydrogens (tertiary/aromatic N) is 2. The number of nitriles is 1. The van der Waals surface area contributed by atoms with E-state index in [4.69, 9.17) is 16.4 Å². The third kappa shape index (κ3) is 1.52. The Hall–Kier alpha value is -1.89. The van der Waals surface area contributed by atoms with Gasteiger partial charge in [0.05, 0.1) is 0 Å². The molecule has 0 spiro atoms. The fourth-order valence-corrected chi connectivity index (χ4v) is 0.659. The van der Waals surface area contributed by atoms with Gasteiger partial charge < -0.3 is 5.73 Å². The number of aromatic nitrogens is 1. The zero-order valence-electron chi connectivity index (χ0n) is 5.70. The summed E-state index contributed by atoms with van der Waals surface area (Å²) in [4.78, 5) is 3.73. The van der Waals surface area contributed by atoms with Crippen LogP contribution in [0.1, 0.15) is 11.3 Å². The van der Waals surface area contributed by atoms with E-state index in [9.17, 15) is 0 Å². The van der Waals surface area contributed by atoms with Crippen molar-refractivity contribution in [1.29, 1.82) is 10.7 Å². The Morgan fingerprint density at radius 2 is 2.45 bits per heavy atom. The van der Waals surface area contributed by atoms with Gasteiger partial charge in [0, 0.05) is 11.8 Å². The van der Waals surface area contributed by atoms with Crippen LogP contribution in [-0.4, -0.2) is 10.8 Å². The SMILES string of the molecule is N#Cc1cc(C(=N)N)ccn1. The molecule has 0 saturated heterocycles. The van der Waals surface area contributed by atoms with E-state index in [1.54, 1.807) is 6.07 Å². The molecule has 1 aromatic heterocycles. The normalized spacial score (nSPS) is 8.64. The molecule has 3 N–H and O–H groups in total. The van der Waals surface area contributed by atoms with Crippen molar-refractivity contribution in [1.82, 2.24) is 4.98 Å². The number of rotatable bonds is 1. The van der Waals surface area contributed by atoms with Crippen LogP contribution in [0.4, 0.5) is 0 Å². The summed E-state index contributed by atoms with van der Waals surface area (Å²) in [6.45, 7) is 0. The first kappa shape index (κ1) is 7.22. The van der Waals surface area contributed by atoms with E-state index < -0.39 is 0 Å². The largest absolute Gasteiger partial charge is 0.384 e. The first-order valence-corrected chi connectivity index (χ1v) is 2.94. The Morgan fingerprint density at radius 3 is 3.00 bits per heavy atom. The highest BCUT2D eigenvalue weighted by Crippen LogP contribution is 1.98. The van der Waals surface area contributed by atoms with Gasteiger partial charge in [-0.15, -0.1) is 0 Å². The van der Waals surface area contributed by atoms with Crippen molar-refractivity contribution >= 4 is 5.84 Å². The number of hydrogen-bond acceptors (Lipinski definition) is 3. The highest BCUT2D eigenvalue weighted by molar-refractivity contribution is 5.94. The average molecular weight is 146 g/mol. The highest BCUT2D eigenvalue weighted by Gasteiger charge is 1.96. The molecule has 54 valence electrons. The molecule has 0 bridgehead atoms. The second kappa shape index (κ2) is 2.80. The van der Waals surface area contributed by atoms with Crippen molar-refractivity contribution in [2.24, 2.45) is 5.73 Å². The Balaban J connectivity index is 3.13. The minimum absolute atomic E-state index is 0.0519. The lowest BCUT2D eigenvalue weighted by atomic mass is 10.2. The van der Waals surface area contributed by atoms with Crippen LogP contribution >= 0.6 is 0 Å². The van der Waals surface area contributed by atoms with Gasteiger partial charge in [-0.1, -0.05) is 0 Å². The van der Waals surface area contributed by atoms with Crippen LogP contribution in [0.3, 0.4) is 0 Å². The molecule has 0 aliphatic rings. The summed E-state index contributed by atoms with van der Waals surface area (Å²) >= 11 is 0. The molecule has 0 saturated carbocycles. The molecule has 0 aliphatic heterocycles. The molecule has 4 heteroatoms. The highest BCUT2D eigenvalue weighted by atomic mass is 14.7. The van der Waals surface area contributed by atoms with Crippen LogP contribution in [0.15, 0.2) is 18.3 Å². The summed E-state index contributed by atoms with van der Waals surface area (Å²) in [5, 5.41) is 15.5. The van der Waals surface area contributed by atoms with Crippen molar-refractivity contribution < 1.29 is 0 Å². The van der Waals surface area contributed by atoms with E-state index in [-0.39, 0.29) is 11.5 Å². The fourth-order valence-electron chi connectivity index (χ4n) is 0.659. The molecule has 0 aliphatic carbocycles. The number of pyridine rings is 1. The Bertz CT molecular complexity index is 323. The van der Waals surface area contributed by atoms with Crippen LogP contribution < -0.4 is 5.73 Å². The quantitative estimate of drug-likeness (QED) is 0.439. The van der Waals surface area contributed by atoms with Gasteiger partial charge in [0.15, 0.2) is 0 Å². The molecule has 0 fully saturated rings. The van der Waals surface area contributed by atoms with Gasteiger partial charge in [0.1, 0.15) is 17.6 Å². The van der Waals surface area contributed by atoms with E-state index in [0.717, 1.165) is 0 Å².